The Kier molecular flexibility index (Phi) is 4.88. The van der Waals surface area contributed by atoms with Gasteiger partial charge in [-0.25, -0.2) is 4.68 Å². The fourth-order valence-electron chi connectivity index (χ4n) is 3.87. The summed E-state index contributed by atoms with van der Waals surface area (Å²) in [6.07, 6.45) is 7.56. The first-order valence-electron chi connectivity index (χ1n) is 9.29. The summed E-state index contributed by atoms with van der Waals surface area (Å²) in [5.74, 6) is 0. The van der Waals surface area contributed by atoms with Crippen LogP contribution in [0.5, 0.6) is 0 Å². The zero-order valence-electron chi connectivity index (χ0n) is 15.2. The molecule has 7 heteroatoms. The number of anilines is 2. The van der Waals surface area contributed by atoms with Crippen molar-refractivity contribution >= 4 is 11.4 Å². The van der Waals surface area contributed by atoms with Crippen molar-refractivity contribution < 1.29 is 4.74 Å². The second-order valence-corrected chi connectivity index (χ2v) is 7.00. The van der Waals surface area contributed by atoms with E-state index >= 15 is 0 Å². The molecule has 0 saturated carbocycles. The second kappa shape index (κ2) is 7.45. The molecular weight excluding hydrogens is 330 g/mol. The maximum atomic E-state index is 12.7. The molecule has 2 saturated heterocycles. The molecule has 0 amide bonds. The van der Waals surface area contributed by atoms with Gasteiger partial charge in [0.2, 0.25) is 0 Å². The molecule has 7 nitrogen and oxygen atoms in total. The van der Waals surface area contributed by atoms with Crippen LogP contribution in [-0.4, -0.2) is 54.2 Å². The van der Waals surface area contributed by atoms with Gasteiger partial charge >= 0.3 is 0 Å². The Bertz CT molecular complexity index is 816. The lowest BCUT2D eigenvalue weighted by atomic mass is 10.0. The first-order valence-corrected chi connectivity index (χ1v) is 9.29. The summed E-state index contributed by atoms with van der Waals surface area (Å²) in [6, 6.07) is 3.87. The predicted octanol–water partition coefficient (Wildman–Crippen LogP) is 1.62. The molecule has 1 unspecified atom stereocenters. The van der Waals surface area contributed by atoms with Gasteiger partial charge in [0.05, 0.1) is 31.1 Å². The van der Waals surface area contributed by atoms with Crippen LogP contribution in [0.2, 0.25) is 0 Å². The van der Waals surface area contributed by atoms with Crippen LogP contribution in [0.1, 0.15) is 24.4 Å². The van der Waals surface area contributed by atoms with Gasteiger partial charge in [0.15, 0.2) is 0 Å². The Morgan fingerprint density at radius 1 is 1.15 bits per heavy atom. The molecule has 2 aromatic heterocycles. The minimum atomic E-state index is -0.0210. The molecule has 2 aliphatic heterocycles. The Hall–Kier alpha value is -2.41. The lowest BCUT2D eigenvalue weighted by molar-refractivity contribution is 0.122. The fraction of sp³-hybridized carbons (Fsp3) is 0.526. The quantitative estimate of drug-likeness (QED) is 0.834. The van der Waals surface area contributed by atoms with Crippen LogP contribution >= 0.6 is 0 Å². The fourth-order valence-corrected chi connectivity index (χ4v) is 3.87. The number of hydrogen-bond acceptors (Lipinski definition) is 6. The highest BCUT2D eigenvalue weighted by Crippen LogP contribution is 2.27. The molecule has 2 fully saturated rings. The van der Waals surface area contributed by atoms with E-state index in [-0.39, 0.29) is 11.6 Å². The summed E-state index contributed by atoms with van der Waals surface area (Å²) in [4.78, 5) is 21.4. The van der Waals surface area contributed by atoms with Gasteiger partial charge in [0.25, 0.3) is 5.56 Å². The minimum absolute atomic E-state index is 0.0210. The molecule has 2 aromatic rings. The third-order valence-electron chi connectivity index (χ3n) is 5.26. The van der Waals surface area contributed by atoms with Crippen LogP contribution in [0.15, 0.2) is 35.5 Å². The van der Waals surface area contributed by atoms with Crippen molar-refractivity contribution in [3.8, 4) is 0 Å². The summed E-state index contributed by atoms with van der Waals surface area (Å²) in [5, 5.41) is 4.51. The van der Waals surface area contributed by atoms with Crippen molar-refractivity contribution in [3.63, 3.8) is 0 Å². The minimum Gasteiger partial charge on any atom is -0.378 e. The van der Waals surface area contributed by atoms with E-state index in [2.05, 4.69) is 32.9 Å². The molecule has 0 aliphatic carbocycles. The largest absolute Gasteiger partial charge is 0.378 e. The number of rotatable bonds is 3. The number of piperidine rings is 1. The predicted molar refractivity (Wildman–Crippen MR) is 101 cm³/mol. The Morgan fingerprint density at radius 2 is 2.00 bits per heavy atom. The number of aryl methyl sites for hydroxylation is 1. The molecule has 2 aliphatic rings. The zero-order valence-corrected chi connectivity index (χ0v) is 15.2. The number of nitrogens with zero attached hydrogens (tertiary/aromatic N) is 5. The van der Waals surface area contributed by atoms with Gasteiger partial charge in [-0.2, -0.15) is 5.10 Å². The average Bonchev–Trinajstić information content (AvgIpc) is 2.69. The van der Waals surface area contributed by atoms with Crippen molar-refractivity contribution in [3.05, 3.63) is 46.6 Å². The lowest BCUT2D eigenvalue weighted by Gasteiger charge is -2.35. The van der Waals surface area contributed by atoms with Gasteiger partial charge in [-0.15, -0.1) is 0 Å². The van der Waals surface area contributed by atoms with Crippen LogP contribution < -0.4 is 15.4 Å². The van der Waals surface area contributed by atoms with Gasteiger partial charge in [0.1, 0.15) is 0 Å². The third kappa shape index (κ3) is 3.44. The summed E-state index contributed by atoms with van der Waals surface area (Å²) < 4.78 is 7.04. The smallest absolute Gasteiger partial charge is 0.269 e. The second-order valence-electron chi connectivity index (χ2n) is 7.00. The SMILES string of the molecule is Cc1cnccc1N1CCCC(n2ncc(N3CCOCC3)cc2=O)C1. The maximum Gasteiger partial charge on any atom is 0.269 e. The van der Waals surface area contributed by atoms with Crippen LogP contribution in [0.3, 0.4) is 0 Å². The van der Waals surface area contributed by atoms with Crippen molar-refractivity contribution in [2.45, 2.75) is 25.8 Å². The number of morpholine rings is 1. The molecule has 0 bridgehead atoms. The van der Waals surface area contributed by atoms with Crippen molar-refractivity contribution in [1.82, 2.24) is 14.8 Å². The zero-order chi connectivity index (χ0) is 17.9. The summed E-state index contributed by atoms with van der Waals surface area (Å²) in [6.45, 7) is 6.90. The molecule has 4 rings (SSSR count). The molecule has 0 N–H and O–H groups in total. The Morgan fingerprint density at radius 3 is 2.77 bits per heavy atom. The van der Waals surface area contributed by atoms with Crippen LogP contribution in [0.25, 0.3) is 0 Å². The Labute approximate surface area is 153 Å². The molecule has 4 heterocycles. The summed E-state index contributed by atoms with van der Waals surface area (Å²) >= 11 is 0. The number of aromatic nitrogens is 3. The molecule has 138 valence electrons. The van der Waals surface area contributed by atoms with E-state index in [1.807, 2.05) is 18.6 Å². The van der Waals surface area contributed by atoms with Crippen LogP contribution in [0, 0.1) is 6.92 Å². The summed E-state index contributed by atoms with van der Waals surface area (Å²) in [5.41, 5.74) is 3.23. The first kappa shape index (κ1) is 17.0. The third-order valence-corrected chi connectivity index (χ3v) is 5.26. The highest BCUT2D eigenvalue weighted by molar-refractivity contribution is 5.52. The van der Waals surface area contributed by atoms with E-state index in [9.17, 15) is 4.79 Å². The van der Waals surface area contributed by atoms with Crippen molar-refractivity contribution in [2.75, 3.05) is 49.2 Å². The van der Waals surface area contributed by atoms with Gasteiger partial charge in [-0.1, -0.05) is 0 Å². The number of pyridine rings is 1. The van der Waals surface area contributed by atoms with Crippen molar-refractivity contribution in [1.29, 1.82) is 0 Å². The van der Waals surface area contributed by atoms with E-state index < -0.39 is 0 Å². The van der Waals surface area contributed by atoms with E-state index in [1.165, 1.54) is 5.69 Å². The molecule has 0 spiro atoms. The monoisotopic (exact) mass is 355 g/mol. The topological polar surface area (TPSA) is 63.5 Å². The van der Waals surface area contributed by atoms with Gasteiger partial charge in [0, 0.05) is 50.3 Å². The van der Waals surface area contributed by atoms with Gasteiger partial charge < -0.3 is 14.5 Å². The normalized spacial score (nSPS) is 21.0. The summed E-state index contributed by atoms with van der Waals surface area (Å²) in [7, 11) is 0. The van der Waals surface area contributed by atoms with E-state index in [4.69, 9.17) is 4.74 Å². The maximum absolute atomic E-state index is 12.7. The highest BCUT2D eigenvalue weighted by Gasteiger charge is 2.24. The standard InChI is InChI=1S/C19H25N5O2/c1-15-12-20-5-4-18(15)23-6-2-3-16(14-23)24-19(25)11-17(13-21-24)22-7-9-26-10-8-22/h4-5,11-13,16H,2-3,6-10,14H2,1H3. The van der Waals surface area contributed by atoms with E-state index in [1.54, 1.807) is 10.7 Å². The van der Waals surface area contributed by atoms with E-state index in [0.717, 1.165) is 50.3 Å². The van der Waals surface area contributed by atoms with Gasteiger partial charge in [-0.05, 0) is 31.4 Å². The number of hydrogen-bond donors (Lipinski definition) is 0. The Balaban J connectivity index is 1.53. The number of ether oxygens (including phenoxy) is 1. The molecular formula is C19H25N5O2. The van der Waals surface area contributed by atoms with Crippen molar-refractivity contribution in [2.24, 2.45) is 0 Å². The van der Waals surface area contributed by atoms with Crippen LogP contribution in [0.4, 0.5) is 11.4 Å². The average molecular weight is 355 g/mol. The molecule has 0 radical (unpaired) electrons. The molecule has 0 aromatic carbocycles. The van der Waals surface area contributed by atoms with E-state index in [0.29, 0.717) is 13.2 Å². The highest BCUT2D eigenvalue weighted by atomic mass is 16.5. The lowest BCUT2D eigenvalue weighted by Crippen LogP contribution is -2.42. The molecule has 1 atom stereocenters. The van der Waals surface area contributed by atoms with Crippen LogP contribution in [-0.2, 0) is 4.74 Å². The first-order chi connectivity index (χ1) is 12.7. The van der Waals surface area contributed by atoms with Gasteiger partial charge in [-0.3, -0.25) is 9.78 Å². The molecule has 26 heavy (non-hydrogen) atoms.